The Morgan fingerprint density at radius 1 is 1.16 bits per heavy atom. The van der Waals surface area contributed by atoms with Gasteiger partial charge in [-0.1, -0.05) is 37.3 Å². The molecule has 3 amide bonds. The summed E-state index contributed by atoms with van der Waals surface area (Å²) in [5, 5.41) is 11.4. The maximum absolute atomic E-state index is 13.5. The minimum Gasteiger partial charge on any atom is -0.338 e. The molecule has 2 unspecified atom stereocenters. The molecule has 32 heavy (non-hydrogen) atoms. The van der Waals surface area contributed by atoms with Crippen LogP contribution in [0.3, 0.4) is 0 Å². The van der Waals surface area contributed by atoms with Crippen LogP contribution in [0.15, 0.2) is 42.5 Å². The van der Waals surface area contributed by atoms with Crippen molar-refractivity contribution in [2.24, 2.45) is 0 Å². The molecule has 0 saturated heterocycles. The Morgan fingerprint density at radius 3 is 2.56 bits per heavy atom. The highest BCUT2D eigenvalue weighted by molar-refractivity contribution is 6.24. The Hall–Kier alpha value is -3.55. The Balaban J connectivity index is 1.60. The largest absolute Gasteiger partial charge is 0.338 e. The number of hydrogen-bond acceptors (Lipinski definition) is 5. The van der Waals surface area contributed by atoms with Crippen LogP contribution in [-0.2, 0) is 17.6 Å². The molecule has 1 aliphatic heterocycles. The van der Waals surface area contributed by atoms with Crippen LogP contribution in [0.25, 0.3) is 0 Å². The van der Waals surface area contributed by atoms with Crippen molar-refractivity contribution in [3.8, 4) is 0 Å². The number of aryl methyl sites for hydroxylation is 1. The Morgan fingerprint density at radius 2 is 1.88 bits per heavy atom. The number of nitro benzene ring substituents is 1. The van der Waals surface area contributed by atoms with Crippen LogP contribution in [0, 0.1) is 10.1 Å². The van der Waals surface area contributed by atoms with Gasteiger partial charge in [0.2, 0.25) is 5.91 Å². The molecule has 2 aromatic carbocycles. The van der Waals surface area contributed by atoms with E-state index in [4.69, 9.17) is 0 Å². The first-order valence-corrected chi connectivity index (χ1v) is 10.9. The van der Waals surface area contributed by atoms with Gasteiger partial charge in [-0.05, 0) is 49.8 Å². The van der Waals surface area contributed by atoms with Crippen molar-refractivity contribution in [1.82, 2.24) is 9.80 Å². The number of nitro groups is 1. The lowest BCUT2D eigenvalue weighted by Crippen LogP contribution is -2.53. The Kier molecular flexibility index (Phi) is 5.78. The van der Waals surface area contributed by atoms with Crippen LogP contribution in [0.4, 0.5) is 5.69 Å². The molecule has 1 heterocycles. The van der Waals surface area contributed by atoms with E-state index < -0.39 is 28.5 Å². The predicted molar refractivity (Wildman–Crippen MR) is 117 cm³/mol. The van der Waals surface area contributed by atoms with Crippen LogP contribution in [-0.4, -0.2) is 51.1 Å². The van der Waals surface area contributed by atoms with E-state index in [1.165, 1.54) is 36.2 Å². The average Bonchev–Trinajstić information content (AvgIpc) is 3.06. The number of amides is 3. The molecule has 2 aromatic rings. The van der Waals surface area contributed by atoms with Crippen LogP contribution in [0.2, 0.25) is 0 Å². The zero-order valence-corrected chi connectivity index (χ0v) is 18.1. The molecule has 8 nitrogen and oxygen atoms in total. The van der Waals surface area contributed by atoms with Gasteiger partial charge in [-0.2, -0.15) is 0 Å². The summed E-state index contributed by atoms with van der Waals surface area (Å²) in [4.78, 5) is 52.9. The molecule has 4 rings (SSSR count). The monoisotopic (exact) mass is 435 g/mol. The van der Waals surface area contributed by atoms with E-state index >= 15 is 0 Å². The third-order valence-corrected chi connectivity index (χ3v) is 6.37. The summed E-state index contributed by atoms with van der Waals surface area (Å²) in [6.45, 7) is 4.02. The topological polar surface area (TPSA) is 101 Å². The highest BCUT2D eigenvalue weighted by atomic mass is 16.6. The maximum Gasteiger partial charge on any atom is 0.282 e. The van der Waals surface area contributed by atoms with E-state index in [0.29, 0.717) is 6.54 Å². The number of imide groups is 1. The van der Waals surface area contributed by atoms with Gasteiger partial charge in [0.05, 0.1) is 10.5 Å². The molecule has 0 N–H and O–H groups in total. The summed E-state index contributed by atoms with van der Waals surface area (Å²) in [5.74, 6) is -1.77. The fraction of sp³-hybridized carbons (Fsp3) is 0.375. The Bertz CT molecular complexity index is 1110. The second-order valence-electron chi connectivity index (χ2n) is 8.31. The first kappa shape index (κ1) is 21.7. The second-order valence-corrected chi connectivity index (χ2v) is 8.31. The number of fused-ring (bicyclic) bond motifs is 2. The molecule has 0 bridgehead atoms. The standard InChI is InChI=1S/C24H25N3O5/c1-3-13-25(18-12-11-16-7-4-5-8-17(16)14-18)22(28)15(2)26-23(29)19-9-6-10-20(27(31)32)21(19)24(26)30/h4-10,15,18H,3,11-14H2,1-2H3. The van der Waals surface area contributed by atoms with E-state index in [1.807, 2.05) is 19.1 Å². The number of carbonyl (C=O) groups excluding carboxylic acids is 3. The summed E-state index contributed by atoms with van der Waals surface area (Å²) in [5.41, 5.74) is 1.81. The van der Waals surface area contributed by atoms with E-state index in [2.05, 4.69) is 12.1 Å². The molecule has 0 aromatic heterocycles. The minimum atomic E-state index is -1.05. The van der Waals surface area contributed by atoms with E-state index in [1.54, 1.807) is 4.90 Å². The molecule has 2 atom stereocenters. The van der Waals surface area contributed by atoms with Gasteiger partial charge in [0, 0.05) is 18.7 Å². The van der Waals surface area contributed by atoms with Crippen LogP contribution in [0.1, 0.15) is 58.5 Å². The number of nitrogens with zero attached hydrogens (tertiary/aromatic N) is 3. The van der Waals surface area contributed by atoms with Gasteiger partial charge in [0.25, 0.3) is 17.5 Å². The van der Waals surface area contributed by atoms with Gasteiger partial charge in [-0.3, -0.25) is 29.4 Å². The summed E-state index contributed by atoms with van der Waals surface area (Å²) in [7, 11) is 0. The van der Waals surface area contributed by atoms with Crippen molar-refractivity contribution in [3.05, 3.63) is 74.8 Å². The highest BCUT2D eigenvalue weighted by Crippen LogP contribution is 2.33. The minimum absolute atomic E-state index is 0.0238. The highest BCUT2D eigenvalue weighted by Gasteiger charge is 2.46. The zero-order valence-electron chi connectivity index (χ0n) is 18.1. The number of rotatable bonds is 6. The number of hydrogen-bond donors (Lipinski definition) is 0. The fourth-order valence-corrected chi connectivity index (χ4v) is 4.80. The number of benzene rings is 2. The summed E-state index contributed by atoms with van der Waals surface area (Å²) >= 11 is 0. The normalized spacial score (nSPS) is 18.2. The first-order chi connectivity index (χ1) is 15.3. The van der Waals surface area contributed by atoms with Crippen LogP contribution < -0.4 is 0 Å². The molecular weight excluding hydrogens is 410 g/mol. The lowest BCUT2D eigenvalue weighted by molar-refractivity contribution is -0.385. The average molecular weight is 435 g/mol. The van der Waals surface area contributed by atoms with Crippen molar-refractivity contribution in [2.45, 2.75) is 51.6 Å². The summed E-state index contributed by atoms with van der Waals surface area (Å²) in [6, 6.07) is 11.1. The van der Waals surface area contributed by atoms with E-state index in [0.717, 1.165) is 30.6 Å². The van der Waals surface area contributed by atoms with Gasteiger partial charge in [-0.15, -0.1) is 0 Å². The molecule has 0 saturated carbocycles. The lowest BCUT2D eigenvalue weighted by Gasteiger charge is -2.38. The molecular formula is C24H25N3O5. The smallest absolute Gasteiger partial charge is 0.282 e. The van der Waals surface area contributed by atoms with E-state index in [9.17, 15) is 24.5 Å². The molecule has 1 aliphatic carbocycles. The van der Waals surface area contributed by atoms with Crippen LogP contribution in [0.5, 0.6) is 0 Å². The molecule has 2 aliphatic rings. The van der Waals surface area contributed by atoms with Gasteiger partial charge < -0.3 is 4.90 Å². The molecule has 0 radical (unpaired) electrons. The molecule has 0 spiro atoms. The maximum atomic E-state index is 13.5. The first-order valence-electron chi connectivity index (χ1n) is 10.9. The number of carbonyl (C=O) groups is 3. The lowest BCUT2D eigenvalue weighted by atomic mass is 9.87. The predicted octanol–water partition coefficient (Wildman–Crippen LogP) is 3.38. The fourth-order valence-electron chi connectivity index (χ4n) is 4.80. The van der Waals surface area contributed by atoms with Crippen molar-refractivity contribution in [2.75, 3.05) is 6.54 Å². The van der Waals surface area contributed by atoms with Crippen molar-refractivity contribution in [1.29, 1.82) is 0 Å². The van der Waals surface area contributed by atoms with Gasteiger partial charge in [0.15, 0.2) is 0 Å². The SMILES string of the molecule is CCCN(C(=O)C(C)N1C(=O)c2cccc([N+](=O)[O-])c2C1=O)C1CCc2ccccc2C1. The second kappa shape index (κ2) is 8.53. The van der Waals surface area contributed by atoms with Crippen LogP contribution >= 0.6 is 0 Å². The Labute approximate surface area is 186 Å². The molecule has 0 fully saturated rings. The van der Waals surface area contributed by atoms with Gasteiger partial charge >= 0.3 is 0 Å². The van der Waals surface area contributed by atoms with Crippen molar-refractivity contribution in [3.63, 3.8) is 0 Å². The third kappa shape index (κ3) is 3.55. The quantitative estimate of drug-likeness (QED) is 0.393. The zero-order chi connectivity index (χ0) is 23.0. The van der Waals surface area contributed by atoms with Crippen molar-refractivity contribution < 1.29 is 19.3 Å². The van der Waals surface area contributed by atoms with E-state index in [-0.39, 0.29) is 23.1 Å². The van der Waals surface area contributed by atoms with Gasteiger partial charge in [0.1, 0.15) is 11.6 Å². The third-order valence-electron chi connectivity index (χ3n) is 6.37. The summed E-state index contributed by atoms with van der Waals surface area (Å²) < 4.78 is 0. The molecule has 8 heteroatoms. The van der Waals surface area contributed by atoms with Crippen molar-refractivity contribution >= 4 is 23.4 Å². The molecule has 166 valence electrons. The summed E-state index contributed by atoms with van der Waals surface area (Å²) in [6.07, 6.45) is 3.14. The van der Waals surface area contributed by atoms with Gasteiger partial charge in [-0.25, -0.2) is 0 Å².